The zero-order valence-corrected chi connectivity index (χ0v) is 13.5. The van der Waals surface area contributed by atoms with Crippen molar-refractivity contribution in [3.63, 3.8) is 0 Å². The van der Waals surface area contributed by atoms with Crippen molar-refractivity contribution in [2.45, 2.75) is 73.9 Å². The van der Waals surface area contributed by atoms with Crippen molar-refractivity contribution in [3.05, 3.63) is 11.5 Å². The van der Waals surface area contributed by atoms with Crippen molar-refractivity contribution >= 4 is 6.71 Å². The second-order valence-corrected chi connectivity index (χ2v) is 6.89. The first-order valence-electron chi connectivity index (χ1n) is 7.36. The first-order valence-corrected chi connectivity index (χ1v) is 7.36. The molecule has 0 rings (SSSR count). The van der Waals surface area contributed by atoms with Crippen molar-refractivity contribution in [2.75, 3.05) is 0 Å². The third-order valence-electron chi connectivity index (χ3n) is 4.36. The molecule has 0 amide bonds. The van der Waals surface area contributed by atoms with Crippen LogP contribution in [0, 0.1) is 17.8 Å². The molecule has 0 saturated carbocycles. The van der Waals surface area contributed by atoms with Gasteiger partial charge in [0.05, 0.1) is 0 Å². The maximum atomic E-state index is 2.46. The van der Waals surface area contributed by atoms with Gasteiger partial charge in [-0.2, -0.15) is 0 Å². The van der Waals surface area contributed by atoms with E-state index in [9.17, 15) is 0 Å². The highest BCUT2D eigenvalue weighted by Gasteiger charge is 2.32. The van der Waals surface area contributed by atoms with Gasteiger partial charge in [-0.05, 0) is 5.92 Å². The lowest BCUT2D eigenvalue weighted by Crippen LogP contribution is -2.31. The number of allylic oxidation sites excluding steroid dienone is 2. The fourth-order valence-electron chi connectivity index (χ4n) is 2.77. The molecule has 0 radical (unpaired) electrons. The van der Waals surface area contributed by atoms with E-state index in [0.717, 1.165) is 30.2 Å². The molecule has 2 unspecified atom stereocenters. The fourth-order valence-corrected chi connectivity index (χ4v) is 2.77. The molecule has 0 aromatic heterocycles. The molecule has 0 saturated heterocycles. The Morgan fingerprint density at radius 3 is 1.35 bits per heavy atom. The summed E-state index contributed by atoms with van der Waals surface area (Å²) in [5.74, 6) is 3.72. The van der Waals surface area contributed by atoms with Crippen LogP contribution in [0.4, 0.5) is 0 Å². The normalized spacial score (nSPS) is 16.8. The summed E-state index contributed by atoms with van der Waals surface area (Å²) in [7, 11) is 0. The Morgan fingerprint density at radius 2 is 1.12 bits per heavy atom. The predicted octanol–water partition coefficient (Wildman–Crippen LogP) is 5.71. The van der Waals surface area contributed by atoms with Crippen LogP contribution in [0.1, 0.15) is 62.3 Å². The Kier molecular flexibility index (Phi) is 7.20. The Morgan fingerprint density at radius 1 is 0.765 bits per heavy atom. The minimum absolute atomic E-state index is 0.663. The Bertz CT molecular complexity index is 224. The summed E-state index contributed by atoms with van der Waals surface area (Å²) < 4.78 is 0. The fraction of sp³-hybridized carbons (Fsp3) is 0.875. The zero-order valence-electron chi connectivity index (χ0n) is 13.5. The van der Waals surface area contributed by atoms with Crippen molar-refractivity contribution in [3.8, 4) is 0 Å². The van der Waals surface area contributed by atoms with Crippen LogP contribution in [0.15, 0.2) is 11.5 Å². The lowest BCUT2D eigenvalue weighted by atomic mass is 9.28. The smallest absolute Gasteiger partial charge is 0.107 e. The zero-order chi connectivity index (χ0) is 13.7. The Labute approximate surface area is 110 Å². The van der Waals surface area contributed by atoms with Crippen LogP contribution in [0.2, 0.25) is 11.6 Å². The number of rotatable bonds is 6. The molecule has 0 nitrogen and oxygen atoms in total. The summed E-state index contributed by atoms with van der Waals surface area (Å²) in [6.07, 6.45) is 2.46. The number of hydrogen-bond acceptors (Lipinski definition) is 0. The van der Waals surface area contributed by atoms with Gasteiger partial charge in [0.2, 0.25) is 0 Å². The van der Waals surface area contributed by atoms with E-state index in [4.69, 9.17) is 0 Å². The quantitative estimate of drug-likeness (QED) is 0.518. The molecule has 0 N–H and O–H groups in total. The summed E-state index contributed by atoms with van der Waals surface area (Å²) in [5, 5.41) is 0. The van der Waals surface area contributed by atoms with Crippen LogP contribution in [0.5, 0.6) is 0 Å². The minimum atomic E-state index is 0.663. The van der Waals surface area contributed by atoms with Gasteiger partial charge >= 0.3 is 0 Å². The van der Waals surface area contributed by atoms with E-state index in [1.54, 1.807) is 5.47 Å². The molecule has 0 aliphatic carbocycles. The van der Waals surface area contributed by atoms with Gasteiger partial charge in [0.25, 0.3) is 0 Å². The third kappa shape index (κ3) is 5.32. The van der Waals surface area contributed by atoms with Gasteiger partial charge < -0.3 is 0 Å². The van der Waals surface area contributed by atoms with E-state index in [0.29, 0.717) is 5.92 Å². The molecule has 0 heterocycles. The van der Waals surface area contributed by atoms with Crippen LogP contribution >= 0.6 is 0 Å². The topological polar surface area (TPSA) is 0 Å². The van der Waals surface area contributed by atoms with Gasteiger partial charge in [0.15, 0.2) is 6.71 Å². The van der Waals surface area contributed by atoms with Gasteiger partial charge in [0, 0.05) is 0 Å². The van der Waals surface area contributed by atoms with E-state index in [-0.39, 0.29) is 0 Å². The highest BCUT2D eigenvalue weighted by molar-refractivity contribution is 6.69. The molecule has 0 spiro atoms. The van der Waals surface area contributed by atoms with Gasteiger partial charge in [-0.3, -0.25) is 0 Å². The predicted molar refractivity (Wildman–Crippen MR) is 82.9 cm³/mol. The van der Waals surface area contributed by atoms with Crippen molar-refractivity contribution in [1.29, 1.82) is 0 Å². The molecule has 0 aliphatic rings. The van der Waals surface area contributed by atoms with Crippen molar-refractivity contribution in [2.24, 2.45) is 17.8 Å². The maximum Gasteiger partial charge on any atom is 0.176 e. The first-order chi connectivity index (χ1) is 7.68. The summed E-state index contributed by atoms with van der Waals surface area (Å²) >= 11 is 0. The van der Waals surface area contributed by atoms with E-state index >= 15 is 0 Å². The molecular formula is C16H33B. The second-order valence-electron chi connectivity index (χ2n) is 6.89. The minimum Gasteiger partial charge on any atom is -0.107 e. The van der Waals surface area contributed by atoms with Crippen molar-refractivity contribution in [1.82, 2.24) is 0 Å². The average molecular weight is 236 g/mol. The molecule has 1 heteroatoms. The average Bonchev–Trinajstić information content (AvgIpc) is 2.15. The highest BCUT2D eigenvalue weighted by Crippen LogP contribution is 2.36. The Balaban J connectivity index is 5.11. The molecule has 100 valence electrons. The molecule has 17 heavy (non-hydrogen) atoms. The van der Waals surface area contributed by atoms with Crippen LogP contribution in [0.3, 0.4) is 0 Å². The molecule has 0 bridgehead atoms. The highest BCUT2D eigenvalue weighted by atomic mass is 14.1. The van der Waals surface area contributed by atoms with Crippen LogP contribution in [-0.2, 0) is 0 Å². The molecule has 0 aromatic rings. The molecule has 0 aromatic carbocycles. The SMILES string of the molecule is C/C(=C\C(C)C)B(C(C)C(C)C)C(C)C(C)C. The van der Waals surface area contributed by atoms with E-state index in [2.05, 4.69) is 68.4 Å². The Hall–Kier alpha value is -0.195. The van der Waals surface area contributed by atoms with E-state index < -0.39 is 0 Å². The van der Waals surface area contributed by atoms with Crippen molar-refractivity contribution < 1.29 is 0 Å². The number of hydrogen-bond donors (Lipinski definition) is 0. The van der Waals surface area contributed by atoms with E-state index in [1.165, 1.54) is 0 Å². The van der Waals surface area contributed by atoms with Crippen LogP contribution < -0.4 is 0 Å². The maximum absolute atomic E-state index is 2.46. The summed E-state index contributed by atoms with van der Waals surface area (Å²) in [6.45, 7) is 21.9. The van der Waals surface area contributed by atoms with Crippen LogP contribution in [-0.4, -0.2) is 6.71 Å². The summed E-state index contributed by atoms with van der Waals surface area (Å²) in [5.41, 5.74) is 1.60. The lowest BCUT2D eigenvalue weighted by Gasteiger charge is -2.32. The second kappa shape index (κ2) is 7.29. The largest absolute Gasteiger partial charge is 0.176 e. The first kappa shape index (κ1) is 16.8. The lowest BCUT2D eigenvalue weighted by molar-refractivity contribution is 0.564. The van der Waals surface area contributed by atoms with E-state index in [1.807, 2.05) is 0 Å². The molecule has 0 aliphatic heterocycles. The third-order valence-corrected chi connectivity index (χ3v) is 4.36. The van der Waals surface area contributed by atoms with Gasteiger partial charge in [-0.15, -0.1) is 5.47 Å². The van der Waals surface area contributed by atoms with Gasteiger partial charge in [-0.1, -0.05) is 91.9 Å². The van der Waals surface area contributed by atoms with Gasteiger partial charge in [-0.25, -0.2) is 0 Å². The summed E-state index contributed by atoms with van der Waals surface area (Å²) in [4.78, 5) is 0. The molecular weight excluding hydrogens is 203 g/mol. The molecule has 2 atom stereocenters. The summed E-state index contributed by atoms with van der Waals surface area (Å²) in [6, 6.07) is 0. The van der Waals surface area contributed by atoms with Gasteiger partial charge in [0.1, 0.15) is 0 Å². The standard InChI is InChI=1S/C16H33B/c1-11(2)10-14(7)17(15(8)12(3)4)16(9)13(5)6/h10-13,15-16H,1-9H3/b14-10+. The monoisotopic (exact) mass is 236 g/mol. The van der Waals surface area contributed by atoms with Crippen LogP contribution in [0.25, 0.3) is 0 Å². The molecule has 0 fully saturated rings.